The summed E-state index contributed by atoms with van der Waals surface area (Å²) in [6.45, 7) is 2.49. The van der Waals surface area contributed by atoms with Gasteiger partial charge < -0.3 is 15.7 Å². The van der Waals surface area contributed by atoms with Crippen LogP contribution < -0.4 is 5.73 Å². The zero-order valence-electron chi connectivity index (χ0n) is 13.3. The van der Waals surface area contributed by atoms with Crippen molar-refractivity contribution >= 4 is 33.2 Å². The van der Waals surface area contributed by atoms with Crippen LogP contribution in [-0.4, -0.2) is 57.4 Å². The lowest BCUT2D eigenvalue weighted by Crippen LogP contribution is -2.59. The second-order valence-electron chi connectivity index (χ2n) is 6.32. The number of aromatic nitrogens is 1. The Labute approximate surface area is 143 Å². The number of sulfone groups is 1. The second kappa shape index (κ2) is 5.12. The highest BCUT2D eigenvalue weighted by Gasteiger charge is 2.71. The molecule has 2 amide bonds. The van der Waals surface area contributed by atoms with Crippen LogP contribution in [-0.2, 0) is 24.2 Å². The van der Waals surface area contributed by atoms with E-state index in [1.54, 1.807) is 12.1 Å². The van der Waals surface area contributed by atoms with E-state index in [9.17, 15) is 27.9 Å². The monoisotopic (exact) mass is 365 g/mol. The maximum Gasteiger partial charge on any atom is 0.328 e. The van der Waals surface area contributed by atoms with Gasteiger partial charge in [0, 0.05) is 6.20 Å². The van der Waals surface area contributed by atoms with Crippen LogP contribution in [0.2, 0.25) is 0 Å². The van der Waals surface area contributed by atoms with Gasteiger partial charge in [0.1, 0.15) is 4.75 Å². The fraction of sp³-hybridized carbons (Fsp3) is 0.333. The first-order chi connectivity index (χ1) is 11.5. The second-order valence-corrected chi connectivity index (χ2v) is 8.91. The molecule has 3 heterocycles. The summed E-state index contributed by atoms with van der Waals surface area (Å²) in [5, 5.41) is 7.87. The highest BCUT2D eigenvalue weighted by molar-refractivity contribution is 7.94. The molecule has 0 aromatic carbocycles. The highest BCUT2D eigenvalue weighted by atomic mass is 32.2. The molecule has 1 aromatic heterocycles. The maximum absolute atomic E-state index is 12.8. The molecule has 2 aliphatic rings. The molecule has 0 aliphatic carbocycles. The molecular formula is C15H15N3O6S. The number of hydrogen-bond donors (Lipinski definition) is 2. The van der Waals surface area contributed by atoms with E-state index in [2.05, 4.69) is 4.98 Å². The van der Waals surface area contributed by atoms with E-state index in [1.807, 2.05) is 0 Å². The zero-order chi connectivity index (χ0) is 18.7. The van der Waals surface area contributed by atoms with E-state index < -0.39 is 43.8 Å². The van der Waals surface area contributed by atoms with Crippen molar-refractivity contribution in [2.75, 3.05) is 0 Å². The van der Waals surface area contributed by atoms with E-state index in [1.165, 1.54) is 26.1 Å². The molecule has 0 saturated carbocycles. The van der Waals surface area contributed by atoms with Gasteiger partial charge >= 0.3 is 5.97 Å². The van der Waals surface area contributed by atoms with Crippen LogP contribution in [0.25, 0.3) is 5.57 Å². The Morgan fingerprint density at radius 2 is 1.96 bits per heavy atom. The SMILES string of the molecule is CC1(C)[C@H](C(=O)O)N2C(=O)/C(=C(\C(N)=O)c3ccccn3)C2S1(=O)=O. The Bertz CT molecular complexity index is 935. The van der Waals surface area contributed by atoms with Gasteiger partial charge in [0.25, 0.3) is 11.8 Å². The minimum absolute atomic E-state index is 0.0600. The molecule has 10 heteroatoms. The average molecular weight is 365 g/mol. The Kier molecular flexibility index (Phi) is 3.50. The number of amides is 2. The molecule has 2 aliphatic heterocycles. The summed E-state index contributed by atoms with van der Waals surface area (Å²) in [6.07, 6.45) is 1.37. The highest BCUT2D eigenvalue weighted by Crippen LogP contribution is 2.50. The smallest absolute Gasteiger partial charge is 0.328 e. The zero-order valence-corrected chi connectivity index (χ0v) is 14.1. The van der Waals surface area contributed by atoms with Crippen molar-refractivity contribution in [3.05, 3.63) is 35.7 Å². The van der Waals surface area contributed by atoms with Crippen molar-refractivity contribution in [1.82, 2.24) is 9.88 Å². The van der Waals surface area contributed by atoms with E-state index >= 15 is 0 Å². The molecule has 2 atom stereocenters. The molecule has 3 N–H and O–H groups in total. The molecule has 3 rings (SSSR count). The van der Waals surface area contributed by atoms with Crippen molar-refractivity contribution in [3.63, 3.8) is 0 Å². The van der Waals surface area contributed by atoms with Crippen molar-refractivity contribution < 1.29 is 27.9 Å². The normalized spacial score (nSPS) is 28.1. The standard InChI is InChI=1S/C15H15N3O6S/c1-15(2)10(14(21)22)18-12(20)9(13(18)25(15,23)24)8(11(16)19)7-5-3-4-6-17-7/h3-6,10,13H,1-2H3,(H2,16,19)(H,21,22)/b9-8+/t10-,13?/m0/s1. The minimum Gasteiger partial charge on any atom is -0.480 e. The number of β-lactam (4-membered cyclic amide) rings is 1. The number of carbonyl (C=O) groups is 3. The Morgan fingerprint density at radius 3 is 2.44 bits per heavy atom. The maximum atomic E-state index is 12.8. The first-order valence-electron chi connectivity index (χ1n) is 7.27. The quantitative estimate of drug-likeness (QED) is 0.523. The largest absolute Gasteiger partial charge is 0.480 e. The molecule has 25 heavy (non-hydrogen) atoms. The van der Waals surface area contributed by atoms with Gasteiger partial charge in [0.2, 0.25) is 0 Å². The van der Waals surface area contributed by atoms with E-state index in [4.69, 9.17) is 5.73 Å². The molecule has 0 bridgehead atoms. The molecule has 0 radical (unpaired) electrons. The molecule has 1 aromatic rings. The van der Waals surface area contributed by atoms with Gasteiger partial charge in [-0.25, -0.2) is 13.2 Å². The summed E-state index contributed by atoms with van der Waals surface area (Å²) < 4.78 is 24.0. The fourth-order valence-electron chi connectivity index (χ4n) is 3.31. The lowest BCUT2D eigenvalue weighted by atomic mass is 9.91. The van der Waals surface area contributed by atoms with E-state index in [-0.39, 0.29) is 16.8 Å². The van der Waals surface area contributed by atoms with Crippen LogP contribution in [0.4, 0.5) is 0 Å². The predicted molar refractivity (Wildman–Crippen MR) is 85.4 cm³/mol. The van der Waals surface area contributed by atoms with Crippen LogP contribution >= 0.6 is 0 Å². The number of aliphatic carboxylic acids is 1. The van der Waals surface area contributed by atoms with E-state index in [0.717, 1.165) is 4.90 Å². The number of nitrogens with two attached hydrogens (primary N) is 1. The van der Waals surface area contributed by atoms with Crippen LogP contribution in [0, 0.1) is 0 Å². The van der Waals surface area contributed by atoms with Crippen LogP contribution in [0.5, 0.6) is 0 Å². The Hall–Kier alpha value is -2.75. The van der Waals surface area contributed by atoms with Crippen molar-refractivity contribution in [3.8, 4) is 0 Å². The first-order valence-corrected chi connectivity index (χ1v) is 8.82. The van der Waals surface area contributed by atoms with Crippen molar-refractivity contribution in [2.24, 2.45) is 5.73 Å². The predicted octanol–water partition coefficient (Wildman–Crippen LogP) is -0.851. The third-order valence-corrected chi connectivity index (χ3v) is 7.34. The molecular weight excluding hydrogens is 350 g/mol. The van der Waals surface area contributed by atoms with Crippen molar-refractivity contribution in [2.45, 2.75) is 30.0 Å². The number of fused-ring (bicyclic) bond motifs is 1. The Balaban J connectivity index is 2.27. The van der Waals surface area contributed by atoms with E-state index in [0.29, 0.717) is 0 Å². The number of rotatable bonds is 3. The van der Waals surface area contributed by atoms with Gasteiger partial charge in [-0.3, -0.25) is 14.6 Å². The first kappa shape index (κ1) is 17.1. The van der Waals surface area contributed by atoms with Crippen LogP contribution in [0.1, 0.15) is 19.5 Å². The molecule has 2 fully saturated rings. The van der Waals surface area contributed by atoms with Crippen LogP contribution in [0.3, 0.4) is 0 Å². The molecule has 1 unspecified atom stereocenters. The number of hydrogen-bond acceptors (Lipinski definition) is 6. The third kappa shape index (κ3) is 2.03. The Morgan fingerprint density at radius 1 is 1.32 bits per heavy atom. The van der Waals surface area contributed by atoms with Crippen LogP contribution in [0.15, 0.2) is 30.0 Å². The average Bonchev–Trinajstić information content (AvgIpc) is 2.66. The summed E-state index contributed by atoms with van der Waals surface area (Å²) in [7, 11) is -4.10. The van der Waals surface area contributed by atoms with Crippen molar-refractivity contribution in [1.29, 1.82) is 0 Å². The number of nitrogens with zero attached hydrogens (tertiary/aromatic N) is 2. The number of carboxylic acid groups (broad SMARTS) is 1. The number of primary amides is 1. The third-order valence-electron chi connectivity index (χ3n) is 4.60. The topological polar surface area (TPSA) is 148 Å². The molecule has 2 saturated heterocycles. The molecule has 132 valence electrons. The van der Waals surface area contributed by atoms with Gasteiger partial charge in [-0.1, -0.05) is 6.07 Å². The number of carbonyl (C=O) groups excluding carboxylic acids is 2. The molecule has 9 nitrogen and oxygen atoms in total. The lowest BCUT2D eigenvalue weighted by molar-refractivity contribution is -0.152. The summed E-state index contributed by atoms with van der Waals surface area (Å²) in [5.74, 6) is -3.28. The minimum atomic E-state index is -4.10. The lowest BCUT2D eigenvalue weighted by Gasteiger charge is -2.38. The summed E-state index contributed by atoms with van der Waals surface area (Å²) in [6, 6.07) is 3.01. The summed E-state index contributed by atoms with van der Waals surface area (Å²) in [4.78, 5) is 40.7. The number of pyridine rings is 1. The molecule has 0 spiro atoms. The van der Waals surface area contributed by atoms with Gasteiger partial charge in [0.15, 0.2) is 21.3 Å². The fourth-order valence-corrected chi connectivity index (χ4v) is 5.46. The van der Waals surface area contributed by atoms with Gasteiger partial charge in [-0.05, 0) is 26.0 Å². The summed E-state index contributed by atoms with van der Waals surface area (Å²) in [5.41, 5.74) is 4.78. The van der Waals surface area contributed by atoms with Gasteiger partial charge in [-0.2, -0.15) is 0 Å². The van der Waals surface area contributed by atoms with Gasteiger partial charge in [-0.15, -0.1) is 0 Å². The summed E-state index contributed by atoms with van der Waals surface area (Å²) >= 11 is 0. The van der Waals surface area contributed by atoms with Gasteiger partial charge in [0.05, 0.1) is 16.8 Å². The number of carboxylic acids is 1.